The summed E-state index contributed by atoms with van der Waals surface area (Å²) >= 11 is 0. The van der Waals surface area contributed by atoms with Crippen LogP contribution in [-0.4, -0.2) is 23.4 Å². The summed E-state index contributed by atoms with van der Waals surface area (Å²) in [7, 11) is 0. The minimum atomic E-state index is -0.552. The van der Waals surface area contributed by atoms with Crippen LogP contribution >= 0.6 is 0 Å². The van der Waals surface area contributed by atoms with Crippen LogP contribution in [0.15, 0.2) is 24.3 Å². The first-order chi connectivity index (χ1) is 10.1. The molecule has 1 aromatic rings. The highest BCUT2D eigenvalue weighted by Crippen LogP contribution is 2.28. The summed E-state index contributed by atoms with van der Waals surface area (Å²) in [6.07, 6.45) is 7.81. The van der Waals surface area contributed by atoms with Crippen molar-refractivity contribution in [2.75, 3.05) is 11.9 Å². The molecule has 1 aliphatic rings. The van der Waals surface area contributed by atoms with Gasteiger partial charge in [-0.05, 0) is 38.3 Å². The molecule has 1 aromatic carbocycles. The molecule has 0 aliphatic heterocycles. The van der Waals surface area contributed by atoms with E-state index in [1.807, 2.05) is 24.3 Å². The van der Waals surface area contributed by atoms with Crippen molar-refractivity contribution in [1.82, 2.24) is 0 Å². The highest BCUT2D eigenvalue weighted by Gasteiger charge is 2.27. The Kier molecular flexibility index (Phi) is 5.92. The smallest absolute Gasteiger partial charge is 0.121 e. The molecule has 0 bridgehead atoms. The zero-order valence-corrected chi connectivity index (χ0v) is 13.4. The second-order valence-electron chi connectivity index (χ2n) is 6.36. The summed E-state index contributed by atoms with van der Waals surface area (Å²) in [6, 6.07) is 8.03. The molecule has 1 fully saturated rings. The van der Waals surface area contributed by atoms with E-state index < -0.39 is 5.60 Å². The molecule has 0 heterocycles. The molecule has 0 spiro atoms. The van der Waals surface area contributed by atoms with Gasteiger partial charge in [0.15, 0.2) is 0 Å². The Morgan fingerprint density at radius 3 is 2.62 bits per heavy atom. The molecule has 1 saturated carbocycles. The largest absolute Gasteiger partial charge is 0.491 e. The molecule has 21 heavy (non-hydrogen) atoms. The average molecular weight is 291 g/mol. The summed E-state index contributed by atoms with van der Waals surface area (Å²) in [4.78, 5) is 0. The third-order valence-corrected chi connectivity index (χ3v) is 4.40. The quantitative estimate of drug-likeness (QED) is 0.765. The maximum atomic E-state index is 10.7. The second kappa shape index (κ2) is 7.69. The lowest BCUT2D eigenvalue weighted by Crippen LogP contribution is -2.36. The maximum absolute atomic E-state index is 10.7. The number of benzene rings is 1. The van der Waals surface area contributed by atoms with E-state index in [4.69, 9.17) is 4.74 Å². The summed E-state index contributed by atoms with van der Waals surface area (Å²) < 4.78 is 5.84. The van der Waals surface area contributed by atoms with Gasteiger partial charge in [0.1, 0.15) is 5.75 Å². The molecule has 2 N–H and O–H groups in total. The van der Waals surface area contributed by atoms with E-state index in [0.29, 0.717) is 6.54 Å². The van der Waals surface area contributed by atoms with Gasteiger partial charge in [-0.1, -0.05) is 38.7 Å². The normalized spacial score (nSPS) is 19.6. The number of nitrogens with one attached hydrogen (secondary N) is 1. The lowest BCUT2D eigenvalue weighted by Gasteiger charge is -2.27. The topological polar surface area (TPSA) is 41.5 Å². The molecule has 1 atom stereocenters. The monoisotopic (exact) mass is 291 g/mol. The Balaban J connectivity index is 1.91. The first-order valence-electron chi connectivity index (χ1n) is 8.34. The fourth-order valence-electron chi connectivity index (χ4n) is 2.83. The van der Waals surface area contributed by atoms with Crippen LogP contribution in [0.4, 0.5) is 5.69 Å². The molecule has 0 aromatic heterocycles. The lowest BCUT2D eigenvalue weighted by molar-refractivity contribution is 0.0381. The van der Waals surface area contributed by atoms with Crippen molar-refractivity contribution >= 4 is 5.69 Å². The summed E-state index contributed by atoms with van der Waals surface area (Å²) in [5, 5.41) is 14.1. The second-order valence-corrected chi connectivity index (χ2v) is 6.36. The van der Waals surface area contributed by atoms with Crippen LogP contribution in [0, 0.1) is 0 Å². The molecule has 0 amide bonds. The van der Waals surface area contributed by atoms with E-state index in [0.717, 1.165) is 43.5 Å². The van der Waals surface area contributed by atoms with E-state index in [1.165, 1.54) is 12.8 Å². The van der Waals surface area contributed by atoms with E-state index >= 15 is 0 Å². The van der Waals surface area contributed by atoms with Crippen LogP contribution < -0.4 is 10.1 Å². The van der Waals surface area contributed by atoms with Gasteiger partial charge in [0, 0.05) is 18.3 Å². The van der Waals surface area contributed by atoms with Crippen LogP contribution in [0.2, 0.25) is 0 Å². The molecule has 1 aliphatic carbocycles. The van der Waals surface area contributed by atoms with Gasteiger partial charge in [-0.15, -0.1) is 0 Å². The van der Waals surface area contributed by atoms with Gasteiger partial charge in [-0.2, -0.15) is 0 Å². The number of anilines is 1. The van der Waals surface area contributed by atoms with E-state index in [2.05, 4.69) is 19.2 Å². The summed E-state index contributed by atoms with van der Waals surface area (Å²) in [5.41, 5.74) is 0.470. The van der Waals surface area contributed by atoms with Gasteiger partial charge in [0.05, 0.1) is 11.7 Å². The lowest BCUT2D eigenvalue weighted by atomic mass is 9.94. The Hall–Kier alpha value is -1.22. The zero-order valence-electron chi connectivity index (χ0n) is 13.4. The first-order valence-corrected chi connectivity index (χ1v) is 8.34. The van der Waals surface area contributed by atoms with Crippen LogP contribution in [0.3, 0.4) is 0 Å². The SMILES string of the molecule is CCC(C)Oc1cccc(NCC2(O)CCCCCC2)c1. The fraction of sp³-hybridized carbons (Fsp3) is 0.667. The van der Waals surface area contributed by atoms with Crippen molar-refractivity contribution in [3.8, 4) is 5.75 Å². The highest BCUT2D eigenvalue weighted by atomic mass is 16.5. The Bertz CT molecular complexity index is 425. The van der Waals surface area contributed by atoms with Crippen molar-refractivity contribution in [3.05, 3.63) is 24.3 Å². The Morgan fingerprint density at radius 2 is 1.95 bits per heavy atom. The molecular formula is C18H29NO2. The van der Waals surface area contributed by atoms with Crippen molar-refractivity contribution < 1.29 is 9.84 Å². The summed E-state index contributed by atoms with van der Waals surface area (Å²) in [5.74, 6) is 0.891. The predicted octanol–water partition coefficient (Wildman–Crippen LogP) is 4.36. The summed E-state index contributed by atoms with van der Waals surface area (Å²) in [6.45, 7) is 4.82. The number of hydrogen-bond donors (Lipinski definition) is 2. The van der Waals surface area contributed by atoms with Gasteiger partial charge in [0.2, 0.25) is 0 Å². The average Bonchev–Trinajstić information content (AvgIpc) is 2.71. The maximum Gasteiger partial charge on any atom is 0.121 e. The third-order valence-electron chi connectivity index (χ3n) is 4.40. The molecule has 1 unspecified atom stereocenters. The zero-order chi connectivity index (χ0) is 15.1. The first kappa shape index (κ1) is 16.2. The van der Waals surface area contributed by atoms with Gasteiger partial charge in [0.25, 0.3) is 0 Å². The van der Waals surface area contributed by atoms with Crippen LogP contribution in [0.25, 0.3) is 0 Å². The van der Waals surface area contributed by atoms with Crippen LogP contribution in [0.5, 0.6) is 5.75 Å². The highest BCUT2D eigenvalue weighted by molar-refractivity contribution is 5.48. The van der Waals surface area contributed by atoms with Crippen molar-refractivity contribution in [3.63, 3.8) is 0 Å². The van der Waals surface area contributed by atoms with E-state index in [9.17, 15) is 5.11 Å². The van der Waals surface area contributed by atoms with E-state index in [1.54, 1.807) is 0 Å². The predicted molar refractivity (Wildman–Crippen MR) is 88.0 cm³/mol. The fourth-order valence-corrected chi connectivity index (χ4v) is 2.83. The number of hydrogen-bond acceptors (Lipinski definition) is 3. The molecule has 0 radical (unpaired) electrons. The molecule has 3 nitrogen and oxygen atoms in total. The van der Waals surface area contributed by atoms with Crippen LogP contribution in [-0.2, 0) is 0 Å². The molecule has 3 heteroatoms. The van der Waals surface area contributed by atoms with Gasteiger partial charge < -0.3 is 15.2 Å². The third kappa shape index (κ3) is 5.24. The number of ether oxygens (including phenoxy) is 1. The molecular weight excluding hydrogens is 262 g/mol. The number of aliphatic hydroxyl groups is 1. The van der Waals surface area contributed by atoms with Crippen molar-refractivity contribution in [1.29, 1.82) is 0 Å². The Morgan fingerprint density at radius 1 is 1.24 bits per heavy atom. The minimum Gasteiger partial charge on any atom is -0.491 e. The van der Waals surface area contributed by atoms with Gasteiger partial charge in [-0.25, -0.2) is 0 Å². The van der Waals surface area contributed by atoms with Crippen molar-refractivity contribution in [2.24, 2.45) is 0 Å². The van der Waals surface area contributed by atoms with Gasteiger partial charge in [-0.3, -0.25) is 0 Å². The molecule has 118 valence electrons. The minimum absolute atomic E-state index is 0.228. The number of rotatable bonds is 6. The molecule has 2 rings (SSSR count). The Labute approximate surface area is 128 Å². The van der Waals surface area contributed by atoms with Gasteiger partial charge >= 0.3 is 0 Å². The van der Waals surface area contributed by atoms with Crippen LogP contribution in [0.1, 0.15) is 58.8 Å². The van der Waals surface area contributed by atoms with Crippen molar-refractivity contribution in [2.45, 2.75) is 70.5 Å². The van der Waals surface area contributed by atoms with E-state index in [-0.39, 0.29) is 6.10 Å². The standard InChI is InChI=1S/C18H29NO2/c1-3-15(2)21-17-10-8-9-16(13-17)19-14-18(20)11-6-4-5-7-12-18/h8-10,13,15,19-20H,3-7,11-12,14H2,1-2H3. The molecule has 0 saturated heterocycles.